The van der Waals surface area contributed by atoms with Crippen molar-refractivity contribution in [3.63, 3.8) is 0 Å². The maximum atomic E-state index is 5.98. The van der Waals surface area contributed by atoms with Crippen LogP contribution in [0.25, 0.3) is 6.08 Å². The standard InChI is InChI=1S/C16H22O2/c1-2-17-13-12-14-8-10-16(11-9-14)18-15-6-4-3-5-7-15/h8-13,15H,2-7H2,1H3. The average Bonchev–Trinajstić information content (AvgIpc) is 2.42. The fourth-order valence-corrected chi connectivity index (χ4v) is 2.26. The molecule has 0 amide bonds. The summed E-state index contributed by atoms with van der Waals surface area (Å²) in [4.78, 5) is 0. The topological polar surface area (TPSA) is 18.5 Å². The average molecular weight is 246 g/mol. The third-order valence-electron chi connectivity index (χ3n) is 3.26. The zero-order valence-electron chi connectivity index (χ0n) is 11.1. The predicted octanol–water partition coefficient (Wildman–Crippen LogP) is 4.41. The SMILES string of the molecule is CCOC=Cc1ccc(OC2CCCCC2)cc1. The molecule has 0 radical (unpaired) electrons. The molecule has 2 heteroatoms. The number of benzene rings is 1. The molecule has 0 saturated heterocycles. The van der Waals surface area contributed by atoms with Gasteiger partial charge in [0.1, 0.15) is 5.75 Å². The molecule has 0 atom stereocenters. The van der Waals surface area contributed by atoms with Gasteiger partial charge in [-0.15, -0.1) is 0 Å². The van der Waals surface area contributed by atoms with Gasteiger partial charge in [-0.05, 0) is 56.4 Å². The van der Waals surface area contributed by atoms with Crippen LogP contribution in [0.3, 0.4) is 0 Å². The summed E-state index contributed by atoms with van der Waals surface area (Å²) in [5.74, 6) is 0.982. The van der Waals surface area contributed by atoms with Gasteiger partial charge in [-0.25, -0.2) is 0 Å². The van der Waals surface area contributed by atoms with E-state index in [1.54, 1.807) is 6.26 Å². The first kappa shape index (κ1) is 13.0. The first-order chi connectivity index (χ1) is 8.88. The predicted molar refractivity (Wildman–Crippen MR) is 74.6 cm³/mol. The van der Waals surface area contributed by atoms with Crippen molar-refractivity contribution < 1.29 is 9.47 Å². The van der Waals surface area contributed by atoms with Crippen LogP contribution in [0.15, 0.2) is 30.5 Å². The smallest absolute Gasteiger partial charge is 0.119 e. The van der Waals surface area contributed by atoms with Crippen molar-refractivity contribution in [3.8, 4) is 5.75 Å². The van der Waals surface area contributed by atoms with E-state index in [9.17, 15) is 0 Å². The molecule has 1 fully saturated rings. The molecule has 0 aliphatic heterocycles. The van der Waals surface area contributed by atoms with Crippen LogP contribution in [0.1, 0.15) is 44.6 Å². The van der Waals surface area contributed by atoms with E-state index in [0.717, 1.165) is 11.3 Å². The molecule has 1 aromatic carbocycles. The molecule has 0 N–H and O–H groups in total. The van der Waals surface area contributed by atoms with E-state index in [1.807, 2.05) is 25.1 Å². The Bertz CT molecular complexity index is 361. The van der Waals surface area contributed by atoms with Gasteiger partial charge in [0, 0.05) is 0 Å². The molecule has 0 spiro atoms. The van der Waals surface area contributed by atoms with Crippen LogP contribution < -0.4 is 4.74 Å². The van der Waals surface area contributed by atoms with E-state index in [2.05, 4.69) is 12.1 Å². The van der Waals surface area contributed by atoms with Crippen molar-refractivity contribution in [1.29, 1.82) is 0 Å². The van der Waals surface area contributed by atoms with Crippen LogP contribution in [0.2, 0.25) is 0 Å². The first-order valence-electron chi connectivity index (χ1n) is 6.93. The minimum absolute atomic E-state index is 0.420. The third kappa shape index (κ3) is 4.10. The molecule has 0 heterocycles. The Labute approximate surface area is 110 Å². The van der Waals surface area contributed by atoms with Gasteiger partial charge in [0.25, 0.3) is 0 Å². The Balaban J connectivity index is 1.86. The first-order valence-corrected chi connectivity index (χ1v) is 6.93. The highest BCUT2D eigenvalue weighted by Crippen LogP contribution is 2.23. The second-order valence-corrected chi connectivity index (χ2v) is 4.70. The fourth-order valence-electron chi connectivity index (χ4n) is 2.26. The van der Waals surface area contributed by atoms with Crippen LogP contribution in [0.4, 0.5) is 0 Å². The largest absolute Gasteiger partial charge is 0.501 e. The van der Waals surface area contributed by atoms with E-state index < -0.39 is 0 Å². The number of hydrogen-bond acceptors (Lipinski definition) is 2. The molecule has 18 heavy (non-hydrogen) atoms. The molecule has 1 aliphatic rings. The number of hydrogen-bond donors (Lipinski definition) is 0. The van der Waals surface area contributed by atoms with Crippen molar-refractivity contribution in [2.75, 3.05) is 6.61 Å². The summed E-state index contributed by atoms with van der Waals surface area (Å²) in [6.45, 7) is 2.69. The Morgan fingerprint density at radius 3 is 2.50 bits per heavy atom. The van der Waals surface area contributed by atoms with Crippen molar-refractivity contribution in [1.82, 2.24) is 0 Å². The summed E-state index contributed by atoms with van der Waals surface area (Å²) in [5.41, 5.74) is 1.14. The molecule has 1 aliphatic carbocycles. The summed E-state index contributed by atoms with van der Waals surface area (Å²) in [5, 5.41) is 0. The van der Waals surface area contributed by atoms with Crippen molar-refractivity contribution in [2.24, 2.45) is 0 Å². The van der Waals surface area contributed by atoms with Crippen LogP contribution >= 0.6 is 0 Å². The van der Waals surface area contributed by atoms with Crippen LogP contribution in [0.5, 0.6) is 5.75 Å². The van der Waals surface area contributed by atoms with Crippen molar-refractivity contribution >= 4 is 6.08 Å². The molecule has 0 bridgehead atoms. The Kier molecular flexibility index (Phi) is 5.13. The highest BCUT2D eigenvalue weighted by atomic mass is 16.5. The van der Waals surface area contributed by atoms with Gasteiger partial charge in [0.2, 0.25) is 0 Å². The summed E-state index contributed by atoms with van der Waals surface area (Å²) >= 11 is 0. The molecular weight excluding hydrogens is 224 g/mol. The Hall–Kier alpha value is -1.44. The van der Waals surface area contributed by atoms with Gasteiger partial charge >= 0.3 is 0 Å². The molecule has 2 rings (SSSR count). The lowest BCUT2D eigenvalue weighted by atomic mass is 9.98. The zero-order chi connectivity index (χ0) is 12.6. The highest BCUT2D eigenvalue weighted by Gasteiger charge is 2.14. The van der Waals surface area contributed by atoms with E-state index in [4.69, 9.17) is 9.47 Å². The van der Waals surface area contributed by atoms with Crippen LogP contribution in [-0.4, -0.2) is 12.7 Å². The monoisotopic (exact) mass is 246 g/mol. The number of rotatable bonds is 5. The molecular formula is C16H22O2. The maximum absolute atomic E-state index is 5.98. The second-order valence-electron chi connectivity index (χ2n) is 4.70. The van der Waals surface area contributed by atoms with Gasteiger partial charge in [-0.3, -0.25) is 0 Å². The van der Waals surface area contributed by atoms with E-state index >= 15 is 0 Å². The molecule has 1 saturated carbocycles. The quantitative estimate of drug-likeness (QED) is 0.717. The zero-order valence-corrected chi connectivity index (χ0v) is 11.1. The van der Waals surface area contributed by atoms with E-state index in [0.29, 0.717) is 12.7 Å². The lowest BCUT2D eigenvalue weighted by Crippen LogP contribution is -2.19. The van der Waals surface area contributed by atoms with Crippen molar-refractivity contribution in [3.05, 3.63) is 36.1 Å². The van der Waals surface area contributed by atoms with Gasteiger partial charge in [-0.1, -0.05) is 18.6 Å². The molecule has 2 nitrogen and oxygen atoms in total. The van der Waals surface area contributed by atoms with E-state index in [1.165, 1.54) is 32.1 Å². The lowest BCUT2D eigenvalue weighted by Gasteiger charge is -2.22. The summed E-state index contributed by atoms with van der Waals surface area (Å²) < 4.78 is 11.2. The number of ether oxygens (including phenoxy) is 2. The van der Waals surface area contributed by atoms with Crippen molar-refractivity contribution in [2.45, 2.75) is 45.1 Å². The van der Waals surface area contributed by atoms with Crippen LogP contribution in [0, 0.1) is 0 Å². The lowest BCUT2D eigenvalue weighted by molar-refractivity contribution is 0.155. The van der Waals surface area contributed by atoms with Crippen LogP contribution in [-0.2, 0) is 4.74 Å². The fraction of sp³-hybridized carbons (Fsp3) is 0.500. The molecule has 1 aromatic rings. The van der Waals surface area contributed by atoms with Gasteiger partial charge in [0.15, 0.2) is 0 Å². The van der Waals surface area contributed by atoms with E-state index in [-0.39, 0.29) is 0 Å². The maximum Gasteiger partial charge on any atom is 0.119 e. The second kappa shape index (κ2) is 7.10. The molecule has 0 unspecified atom stereocenters. The summed E-state index contributed by atoms with van der Waals surface area (Å²) in [6.07, 6.45) is 10.5. The van der Waals surface area contributed by atoms with Gasteiger partial charge in [-0.2, -0.15) is 0 Å². The summed E-state index contributed by atoms with van der Waals surface area (Å²) in [7, 11) is 0. The highest BCUT2D eigenvalue weighted by molar-refractivity contribution is 5.49. The normalized spacial score (nSPS) is 16.9. The minimum atomic E-state index is 0.420. The minimum Gasteiger partial charge on any atom is -0.501 e. The van der Waals surface area contributed by atoms with Gasteiger partial charge < -0.3 is 9.47 Å². The third-order valence-corrected chi connectivity index (χ3v) is 3.26. The summed E-state index contributed by atoms with van der Waals surface area (Å²) in [6, 6.07) is 8.21. The van der Waals surface area contributed by atoms with Gasteiger partial charge in [0.05, 0.1) is 19.0 Å². The Morgan fingerprint density at radius 1 is 1.11 bits per heavy atom. The Morgan fingerprint density at radius 2 is 1.83 bits per heavy atom. The molecule has 0 aromatic heterocycles. The molecule has 98 valence electrons.